The molecule has 0 aliphatic carbocycles. The van der Waals surface area contributed by atoms with E-state index in [1.165, 1.54) is 0 Å². The summed E-state index contributed by atoms with van der Waals surface area (Å²) in [7, 11) is 1.59. The SMILES string of the molecule is CC(C)(C)OC(=O)N[C@H]1CCNC1=O.COCCN1CC[C@H](NC(=O)OC(C)(C)C)C1=O. The molecule has 0 bridgehead atoms. The molecular formula is C21H38N4O7. The second-order valence-corrected chi connectivity index (χ2v) is 9.58. The molecule has 2 rings (SSSR count). The molecule has 0 unspecified atom stereocenters. The maximum Gasteiger partial charge on any atom is 0.408 e. The highest BCUT2D eigenvalue weighted by Crippen LogP contribution is 2.13. The van der Waals surface area contributed by atoms with E-state index in [0.29, 0.717) is 39.1 Å². The van der Waals surface area contributed by atoms with Crippen LogP contribution in [0.2, 0.25) is 0 Å². The number of likely N-dealkylation sites (tertiary alicyclic amines) is 1. The predicted molar refractivity (Wildman–Crippen MR) is 117 cm³/mol. The maximum absolute atomic E-state index is 11.9. The molecule has 2 aliphatic rings. The molecule has 2 atom stereocenters. The minimum atomic E-state index is -0.554. The van der Waals surface area contributed by atoms with Gasteiger partial charge in [-0.15, -0.1) is 0 Å². The summed E-state index contributed by atoms with van der Waals surface area (Å²) in [6.07, 6.45) is 0.147. The van der Waals surface area contributed by atoms with Crippen molar-refractivity contribution in [2.24, 2.45) is 0 Å². The van der Waals surface area contributed by atoms with Gasteiger partial charge in [0.05, 0.1) is 6.61 Å². The third kappa shape index (κ3) is 10.7. The Hall–Kier alpha value is -2.56. The van der Waals surface area contributed by atoms with Crippen LogP contribution < -0.4 is 16.0 Å². The van der Waals surface area contributed by atoms with Gasteiger partial charge in [0.2, 0.25) is 11.8 Å². The van der Waals surface area contributed by atoms with Crippen molar-refractivity contribution in [1.29, 1.82) is 0 Å². The summed E-state index contributed by atoms with van der Waals surface area (Å²) in [6, 6.07) is -0.915. The number of nitrogens with one attached hydrogen (secondary N) is 3. The first-order valence-corrected chi connectivity index (χ1v) is 10.8. The number of hydrogen-bond donors (Lipinski definition) is 3. The quantitative estimate of drug-likeness (QED) is 0.562. The number of hydrogen-bond acceptors (Lipinski definition) is 7. The fourth-order valence-electron chi connectivity index (χ4n) is 2.93. The van der Waals surface area contributed by atoms with E-state index in [1.807, 2.05) is 0 Å². The van der Waals surface area contributed by atoms with Gasteiger partial charge in [-0.2, -0.15) is 0 Å². The first-order chi connectivity index (χ1) is 14.7. The van der Waals surface area contributed by atoms with Gasteiger partial charge in [-0.1, -0.05) is 0 Å². The van der Waals surface area contributed by atoms with Crippen LogP contribution in [0.3, 0.4) is 0 Å². The van der Waals surface area contributed by atoms with Crippen molar-refractivity contribution in [3.63, 3.8) is 0 Å². The van der Waals surface area contributed by atoms with Gasteiger partial charge in [0.1, 0.15) is 23.3 Å². The van der Waals surface area contributed by atoms with E-state index in [-0.39, 0.29) is 11.8 Å². The van der Waals surface area contributed by atoms with Crippen LogP contribution in [0.5, 0.6) is 0 Å². The van der Waals surface area contributed by atoms with E-state index in [9.17, 15) is 19.2 Å². The smallest absolute Gasteiger partial charge is 0.408 e. The molecule has 4 amide bonds. The van der Waals surface area contributed by atoms with E-state index in [4.69, 9.17) is 14.2 Å². The lowest BCUT2D eigenvalue weighted by molar-refractivity contribution is -0.130. The zero-order valence-corrected chi connectivity index (χ0v) is 20.2. The summed E-state index contributed by atoms with van der Waals surface area (Å²) >= 11 is 0. The Morgan fingerprint density at radius 3 is 1.94 bits per heavy atom. The van der Waals surface area contributed by atoms with Gasteiger partial charge in [-0.05, 0) is 54.4 Å². The lowest BCUT2D eigenvalue weighted by Gasteiger charge is -2.21. The molecule has 0 spiro atoms. The molecule has 2 aliphatic heterocycles. The van der Waals surface area contributed by atoms with E-state index >= 15 is 0 Å². The molecule has 0 aromatic carbocycles. The third-order valence-electron chi connectivity index (χ3n) is 4.29. The van der Waals surface area contributed by atoms with Gasteiger partial charge in [-0.25, -0.2) is 9.59 Å². The van der Waals surface area contributed by atoms with Gasteiger partial charge < -0.3 is 35.1 Å². The third-order valence-corrected chi connectivity index (χ3v) is 4.29. The Kier molecular flexibility index (Phi) is 10.2. The Morgan fingerprint density at radius 1 is 0.969 bits per heavy atom. The van der Waals surface area contributed by atoms with E-state index in [1.54, 1.807) is 53.6 Å². The molecule has 184 valence electrons. The number of ether oxygens (including phenoxy) is 3. The minimum absolute atomic E-state index is 0.0714. The molecule has 2 saturated heterocycles. The Balaban J connectivity index is 0.000000330. The fourth-order valence-corrected chi connectivity index (χ4v) is 2.93. The van der Waals surface area contributed by atoms with Crippen LogP contribution >= 0.6 is 0 Å². The lowest BCUT2D eigenvalue weighted by Crippen LogP contribution is -2.44. The first kappa shape index (κ1) is 27.5. The van der Waals surface area contributed by atoms with Crippen molar-refractivity contribution in [2.75, 3.05) is 33.4 Å². The normalized spacial score (nSPS) is 20.8. The number of nitrogens with zero attached hydrogens (tertiary/aromatic N) is 1. The van der Waals surface area contributed by atoms with Gasteiger partial charge in [0.15, 0.2) is 0 Å². The summed E-state index contributed by atoms with van der Waals surface area (Å²) in [5, 5.41) is 7.74. The average Bonchev–Trinajstić information content (AvgIpc) is 3.17. The summed E-state index contributed by atoms with van der Waals surface area (Å²) in [5.41, 5.74) is -1.08. The molecule has 3 N–H and O–H groups in total. The Labute approximate surface area is 189 Å². The van der Waals surface area contributed by atoms with Crippen LogP contribution in [0.1, 0.15) is 54.4 Å². The van der Waals surface area contributed by atoms with Crippen LogP contribution in [-0.4, -0.2) is 85.5 Å². The van der Waals surface area contributed by atoms with Crippen molar-refractivity contribution in [2.45, 2.75) is 77.7 Å². The fraction of sp³-hybridized carbons (Fsp3) is 0.810. The zero-order chi connectivity index (χ0) is 24.5. The molecule has 0 saturated carbocycles. The van der Waals surface area contributed by atoms with Gasteiger partial charge >= 0.3 is 12.2 Å². The molecule has 2 fully saturated rings. The van der Waals surface area contributed by atoms with Crippen LogP contribution in [-0.2, 0) is 23.8 Å². The van der Waals surface area contributed by atoms with Crippen molar-refractivity contribution < 1.29 is 33.4 Å². The second kappa shape index (κ2) is 11.9. The molecule has 32 heavy (non-hydrogen) atoms. The Bertz CT molecular complexity index is 670. The second-order valence-electron chi connectivity index (χ2n) is 9.58. The van der Waals surface area contributed by atoms with E-state index in [0.717, 1.165) is 0 Å². The number of alkyl carbamates (subject to hydrolysis) is 2. The minimum Gasteiger partial charge on any atom is -0.444 e. The standard InChI is InChI=1S/C12H22N2O4.C9H16N2O3/c1-12(2,3)18-11(16)13-9-5-6-14(10(9)15)7-8-17-4;1-9(2,3)14-8(13)11-6-4-5-10-7(6)12/h9H,5-8H2,1-4H3,(H,13,16);6H,4-5H2,1-3H3,(H,10,12)(H,11,13)/t9-;6-/m00/s1. The van der Waals surface area contributed by atoms with Crippen molar-refractivity contribution >= 4 is 24.0 Å². The van der Waals surface area contributed by atoms with Crippen LogP contribution in [0.25, 0.3) is 0 Å². The van der Waals surface area contributed by atoms with Crippen LogP contribution in [0.4, 0.5) is 9.59 Å². The van der Waals surface area contributed by atoms with Crippen LogP contribution in [0, 0.1) is 0 Å². The largest absolute Gasteiger partial charge is 0.444 e. The highest BCUT2D eigenvalue weighted by Gasteiger charge is 2.33. The molecule has 0 aromatic heterocycles. The van der Waals surface area contributed by atoms with Crippen LogP contribution in [0.15, 0.2) is 0 Å². The van der Waals surface area contributed by atoms with Crippen molar-refractivity contribution in [3.05, 3.63) is 0 Å². The van der Waals surface area contributed by atoms with Gasteiger partial charge in [0, 0.05) is 26.7 Å². The average molecular weight is 459 g/mol. The van der Waals surface area contributed by atoms with Crippen molar-refractivity contribution in [1.82, 2.24) is 20.9 Å². The number of rotatable bonds is 5. The predicted octanol–water partition coefficient (Wildman–Crippen LogP) is 1.16. The summed E-state index contributed by atoms with van der Waals surface area (Å²) in [5.74, 6) is -0.214. The lowest BCUT2D eigenvalue weighted by atomic mass is 10.2. The monoisotopic (exact) mass is 458 g/mol. The molecule has 2 heterocycles. The molecular weight excluding hydrogens is 420 g/mol. The molecule has 0 radical (unpaired) electrons. The summed E-state index contributed by atoms with van der Waals surface area (Å²) < 4.78 is 15.1. The van der Waals surface area contributed by atoms with E-state index in [2.05, 4.69) is 16.0 Å². The molecule has 11 nitrogen and oxygen atoms in total. The highest BCUT2D eigenvalue weighted by molar-refractivity contribution is 5.88. The van der Waals surface area contributed by atoms with E-state index < -0.39 is 35.5 Å². The number of amides is 4. The first-order valence-electron chi connectivity index (χ1n) is 10.8. The molecule has 11 heteroatoms. The van der Waals surface area contributed by atoms with Crippen molar-refractivity contribution in [3.8, 4) is 0 Å². The highest BCUT2D eigenvalue weighted by atomic mass is 16.6. The van der Waals surface area contributed by atoms with Gasteiger partial charge in [0.25, 0.3) is 0 Å². The number of methoxy groups -OCH3 is 1. The summed E-state index contributed by atoms with van der Waals surface area (Å²) in [6.45, 7) is 13.0. The zero-order valence-electron chi connectivity index (χ0n) is 20.2. The number of carbonyl (C=O) groups excluding carboxylic acids is 4. The molecule has 0 aromatic rings. The maximum atomic E-state index is 11.9. The Morgan fingerprint density at radius 2 is 1.50 bits per heavy atom. The van der Waals surface area contributed by atoms with Gasteiger partial charge in [-0.3, -0.25) is 9.59 Å². The number of carbonyl (C=O) groups is 4. The summed E-state index contributed by atoms with van der Waals surface area (Å²) in [4.78, 5) is 47.5. The topological polar surface area (TPSA) is 135 Å².